The lowest BCUT2D eigenvalue weighted by Gasteiger charge is -2.23. The molecular formula is C36H42N2O8S. The maximum Gasteiger partial charge on any atom is 0.233 e. The summed E-state index contributed by atoms with van der Waals surface area (Å²) in [4.78, 5) is 12.3. The smallest absolute Gasteiger partial charge is 0.233 e. The molecule has 0 bridgehead atoms. The van der Waals surface area contributed by atoms with E-state index < -0.39 is 22.0 Å². The van der Waals surface area contributed by atoms with Crippen LogP contribution in [0, 0.1) is 27.7 Å². The van der Waals surface area contributed by atoms with Gasteiger partial charge in [0.2, 0.25) is 15.9 Å². The number of phenolic OH excluding ortho intramolecular Hbond substituents is 2. The standard InChI is InChI=1S/C36H42N2O8S/c1-21-16-31(11-12-33(21)41)46-35-23(3)15-26(18-28(37)20-39)32(24(35)4)19-27-17-25(6-13-34(42)38-47(5,43)44)14-22(2)36(27)45-30-9-7-29(40)8-10-30/h7-12,14-17,28,39-41H,6,13,18-20,37H2,1-5H3,(H,38,42). The summed E-state index contributed by atoms with van der Waals surface area (Å²) >= 11 is 0. The molecule has 47 heavy (non-hydrogen) atoms. The Morgan fingerprint density at radius 1 is 0.851 bits per heavy atom. The number of aliphatic hydroxyl groups is 1. The number of benzene rings is 4. The molecule has 0 aliphatic carbocycles. The van der Waals surface area contributed by atoms with Crippen molar-refractivity contribution >= 4 is 15.9 Å². The Morgan fingerprint density at radius 2 is 1.49 bits per heavy atom. The van der Waals surface area contributed by atoms with Crippen molar-refractivity contribution in [3.63, 3.8) is 0 Å². The van der Waals surface area contributed by atoms with Crippen LogP contribution in [0.1, 0.15) is 50.9 Å². The molecule has 4 rings (SSSR count). The van der Waals surface area contributed by atoms with Gasteiger partial charge in [0.25, 0.3) is 0 Å². The molecule has 0 saturated carbocycles. The van der Waals surface area contributed by atoms with Gasteiger partial charge >= 0.3 is 0 Å². The lowest BCUT2D eigenvalue weighted by atomic mass is 9.88. The zero-order chi connectivity index (χ0) is 34.5. The third-order valence-corrected chi connectivity index (χ3v) is 8.41. The van der Waals surface area contributed by atoms with Crippen molar-refractivity contribution in [2.24, 2.45) is 5.73 Å². The Labute approximate surface area is 275 Å². The van der Waals surface area contributed by atoms with Crippen LogP contribution < -0.4 is 19.9 Å². The van der Waals surface area contributed by atoms with Crippen molar-refractivity contribution in [3.05, 3.63) is 105 Å². The molecule has 250 valence electrons. The van der Waals surface area contributed by atoms with Crippen molar-refractivity contribution in [3.8, 4) is 34.5 Å². The molecule has 0 heterocycles. The van der Waals surface area contributed by atoms with Gasteiger partial charge in [-0.25, -0.2) is 8.42 Å². The van der Waals surface area contributed by atoms with Crippen molar-refractivity contribution in [1.82, 2.24) is 4.72 Å². The van der Waals surface area contributed by atoms with E-state index in [0.29, 0.717) is 47.8 Å². The fourth-order valence-corrected chi connectivity index (χ4v) is 6.03. The normalized spacial score (nSPS) is 12.1. The zero-order valence-corrected chi connectivity index (χ0v) is 28.1. The Hall–Kier alpha value is -4.58. The summed E-state index contributed by atoms with van der Waals surface area (Å²) in [7, 11) is -3.68. The highest BCUT2D eigenvalue weighted by atomic mass is 32.2. The van der Waals surface area contributed by atoms with E-state index in [1.54, 1.807) is 37.3 Å². The molecule has 0 saturated heterocycles. The predicted molar refractivity (Wildman–Crippen MR) is 181 cm³/mol. The molecule has 10 nitrogen and oxygen atoms in total. The summed E-state index contributed by atoms with van der Waals surface area (Å²) in [6.07, 6.45) is 1.98. The Bertz CT molecular complexity index is 1870. The number of hydrogen-bond acceptors (Lipinski definition) is 9. The summed E-state index contributed by atoms with van der Waals surface area (Å²) < 4.78 is 37.9. The van der Waals surface area contributed by atoms with E-state index in [1.165, 1.54) is 12.1 Å². The van der Waals surface area contributed by atoms with Crippen molar-refractivity contribution in [1.29, 1.82) is 0 Å². The molecule has 0 aliphatic rings. The fourth-order valence-electron chi connectivity index (χ4n) is 5.52. The monoisotopic (exact) mass is 662 g/mol. The Morgan fingerprint density at radius 3 is 2.13 bits per heavy atom. The number of amides is 1. The molecule has 1 unspecified atom stereocenters. The number of aromatic hydroxyl groups is 2. The molecule has 0 aromatic heterocycles. The summed E-state index contributed by atoms with van der Waals surface area (Å²) in [5.74, 6) is 2.00. The number of nitrogens with one attached hydrogen (secondary N) is 1. The molecule has 1 atom stereocenters. The van der Waals surface area contributed by atoms with E-state index in [4.69, 9.17) is 15.2 Å². The largest absolute Gasteiger partial charge is 0.508 e. The predicted octanol–water partition coefficient (Wildman–Crippen LogP) is 5.38. The lowest BCUT2D eigenvalue weighted by molar-refractivity contribution is -0.119. The molecule has 0 fully saturated rings. The third-order valence-electron chi connectivity index (χ3n) is 7.81. The van der Waals surface area contributed by atoms with Gasteiger partial charge < -0.3 is 30.5 Å². The van der Waals surface area contributed by atoms with E-state index in [0.717, 1.165) is 45.2 Å². The van der Waals surface area contributed by atoms with Crippen LogP contribution in [-0.2, 0) is 34.1 Å². The molecule has 4 aromatic carbocycles. The quantitative estimate of drug-likeness (QED) is 0.126. The molecule has 0 radical (unpaired) electrons. The van der Waals surface area contributed by atoms with Crippen LogP contribution in [0.3, 0.4) is 0 Å². The van der Waals surface area contributed by atoms with Gasteiger partial charge in [0.15, 0.2) is 0 Å². The first kappa shape index (κ1) is 35.3. The third kappa shape index (κ3) is 9.47. The van der Waals surface area contributed by atoms with Crippen LogP contribution in [0.4, 0.5) is 0 Å². The summed E-state index contributed by atoms with van der Waals surface area (Å²) in [6.45, 7) is 7.40. The minimum Gasteiger partial charge on any atom is -0.508 e. The van der Waals surface area contributed by atoms with Crippen LogP contribution >= 0.6 is 0 Å². The number of rotatable bonds is 13. The number of sulfonamides is 1. The first-order valence-corrected chi connectivity index (χ1v) is 17.1. The average Bonchev–Trinajstić information content (AvgIpc) is 2.99. The number of phenols is 2. The Kier molecular flexibility index (Phi) is 11.2. The van der Waals surface area contributed by atoms with Gasteiger partial charge in [-0.05, 0) is 128 Å². The molecule has 1 amide bonds. The summed E-state index contributed by atoms with van der Waals surface area (Å²) in [6, 6.07) is 16.8. The molecule has 6 N–H and O–H groups in total. The van der Waals surface area contributed by atoms with E-state index in [-0.39, 0.29) is 24.5 Å². The van der Waals surface area contributed by atoms with Gasteiger partial charge in [-0.1, -0.05) is 18.2 Å². The van der Waals surface area contributed by atoms with Gasteiger partial charge in [0.05, 0.1) is 12.9 Å². The van der Waals surface area contributed by atoms with E-state index in [9.17, 15) is 28.5 Å². The van der Waals surface area contributed by atoms with Gasteiger partial charge in [-0.2, -0.15) is 0 Å². The van der Waals surface area contributed by atoms with Crippen LogP contribution in [0.2, 0.25) is 0 Å². The molecule has 0 spiro atoms. The SMILES string of the molecule is Cc1cc(Oc2c(C)cc(CC(N)CO)c(Cc3cc(CCC(=O)NS(C)(=O)=O)cc(C)c3Oc3ccc(O)cc3)c2C)ccc1O. The van der Waals surface area contributed by atoms with Gasteiger partial charge in [0.1, 0.15) is 34.5 Å². The summed E-state index contributed by atoms with van der Waals surface area (Å²) in [5.41, 5.74) is 12.9. The number of aryl methyl sites for hydroxylation is 4. The second-order valence-electron chi connectivity index (χ2n) is 12.0. The molecular weight excluding hydrogens is 620 g/mol. The minimum atomic E-state index is -3.68. The second kappa shape index (κ2) is 14.9. The van der Waals surface area contributed by atoms with E-state index >= 15 is 0 Å². The number of carbonyl (C=O) groups is 1. The van der Waals surface area contributed by atoms with Crippen LogP contribution in [0.5, 0.6) is 34.5 Å². The highest BCUT2D eigenvalue weighted by molar-refractivity contribution is 7.89. The average molecular weight is 663 g/mol. The van der Waals surface area contributed by atoms with Gasteiger partial charge in [-0.15, -0.1) is 0 Å². The van der Waals surface area contributed by atoms with Crippen LogP contribution in [-0.4, -0.2) is 48.5 Å². The Balaban J connectivity index is 1.82. The topological polar surface area (TPSA) is 168 Å². The van der Waals surface area contributed by atoms with Gasteiger partial charge in [0, 0.05) is 18.9 Å². The molecule has 4 aromatic rings. The highest BCUT2D eigenvalue weighted by Gasteiger charge is 2.21. The minimum absolute atomic E-state index is 0.0334. The first-order chi connectivity index (χ1) is 22.1. The molecule has 0 aliphatic heterocycles. The highest BCUT2D eigenvalue weighted by Crippen LogP contribution is 2.39. The van der Waals surface area contributed by atoms with Crippen molar-refractivity contribution < 1.29 is 38.0 Å². The number of nitrogens with two attached hydrogens (primary N) is 1. The zero-order valence-electron chi connectivity index (χ0n) is 27.3. The van der Waals surface area contributed by atoms with Crippen molar-refractivity contribution in [2.75, 3.05) is 12.9 Å². The molecule has 11 heteroatoms. The van der Waals surface area contributed by atoms with Crippen molar-refractivity contribution in [2.45, 2.75) is 59.4 Å². The number of aliphatic hydroxyl groups excluding tert-OH is 1. The van der Waals surface area contributed by atoms with Crippen LogP contribution in [0.15, 0.2) is 60.7 Å². The number of ether oxygens (including phenoxy) is 2. The van der Waals surface area contributed by atoms with E-state index in [1.807, 2.05) is 43.7 Å². The number of hydrogen-bond donors (Lipinski definition) is 5. The second-order valence-corrected chi connectivity index (χ2v) is 13.7. The van der Waals surface area contributed by atoms with Gasteiger partial charge in [-0.3, -0.25) is 9.52 Å². The lowest BCUT2D eigenvalue weighted by Crippen LogP contribution is -2.29. The van der Waals surface area contributed by atoms with Crippen LogP contribution in [0.25, 0.3) is 0 Å². The van der Waals surface area contributed by atoms with E-state index in [2.05, 4.69) is 0 Å². The maximum absolute atomic E-state index is 12.3. The summed E-state index contributed by atoms with van der Waals surface area (Å²) in [5, 5.41) is 29.6. The fraction of sp³-hybridized carbons (Fsp3) is 0.306. The number of carbonyl (C=O) groups excluding carboxylic acids is 1. The first-order valence-electron chi connectivity index (χ1n) is 15.2. The maximum atomic E-state index is 12.3.